The van der Waals surface area contributed by atoms with Crippen LogP contribution in [0.2, 0.25) is 0 Å². The van der Waals surface area contributed by atoms with Crippen LogP contribution in [-0.4, -0.2) is 72.8 Å². The third kappa shape index (κ3) is 5.60. The smallest absolute Gasteiger partial charge is 0.222 e. The molecule has 1 amide bonds. The second-order valence-corrected chi connectivity index (χ2v) is 8.06. The molecule has 6 heteroatoms. The molecule has 1 saturated heterocycles. The second kappa shape index (κ2) is 9.92. The number of Topliss-reactive ketones (excluding diaryl/α,β-unsaturated/α-hetero) is 2. The van der Waals surface area contributed by atoms with Crippen molar-refractivity contribution in [2.45, 2.75) is 39.0 Å². The molecule has 1 saturated carbocycles. The molecule has 2 fully saturated rings. The zero-order valence-corrected chi connectivity index (χ0v) is 17.5. The molecule has 0 radical (unpaired) electrons. The van der Waals surface area contributed by atoms with E-state index in [1.54, 1.807) is 6.21 Å². The quantitative estimate of drug-likeness (QED) is 0.545. The highest BCUT2D eigenvalue weighted by Gasteiger charge is 2.34. The number of aryl methyl sites for hydroxylation is 1. The van der Waals surface area contributed by atoms with E-state index < -0.39 is 5.92 Å². The van der Waals surface area contributed by atoms with Crippen LogP contribution in [0.4, 0.5) is 0 Å². The molecule has 0 bridgehead atoms. The summed E-state index contributed by atoms with van der Waals surface area (Å²) in [5, 5.41) is 0. The number of rotatable bonds is 6. The van der Waals surface area contributed by atoms with Gasteiger partial charge in [-0.05, 0) is 18.4 Å². The lowest BCUT2D eigenvalue weighted by molar-refractivity contribution is -0.133. The van der Waals surface area contributed by atoms with Crippen molar-refractivity contribution in [2.75, 3.05) is 39.3 Å². The summed E-state index contributed by atoms with van der Waals surface area (Å²) >= 11 is 0. The van der Waals surface area contributed by atoms with E-state index in [1.807, 2.05) is 43.0 Å². The number of carbonyl (C=O) groups is 3. The average Bonchev–Trinajstić information content (AvgIpc) is 2.73. The molecule has 6 nitrogen and oxygen atoms in total. The minimum absolute atomic E-state index is 0.0117. The molecule has 0 N–H and O–H groups in total. The Kier molecular flexibility index (Phi) is 7.31. The lowest BCUT2D eigenvalue weighted by atomic mass is 9.77. The zero-order chi connectivity index (χ0) is 20.8. The lowest BCUT2D eigenvalue weighted by Gasteiger charge is -2.34. The summed E-state index contributed by atoms with van der Waals surface area (Å²) in [6, 6.07) is 8.08. The van der Waals surface area contributed by atoms with Crippen molar-refractivity contribution in [1.82, 2.24) is 9.80 Å². The first-order valence-corrected chi connectivity index (χ1v) is 10.6. The third-order valence-corrected chi connectivity index (χ3v) is 5.96. The van der Waals surface area contributed by atoms with Gasteiger partial charge in [0.25, 0.3) is 0 Å². The second-order valence-electron chi connectivity index (χ2n) is 8.06. The summed E-state index contributed by atoms with van der Waals surface area (Å²) < 4.78 is 0. The maximum Gasteiger partial charge on any atom is 0.222 e. The number of benzene rings is 1. The molecule has 0 unspecified atom stereocenters. The van der Waals surface area contributed by atoms with Crippen LogP contribution in [0.1, 0.15) is 43.2 Å². The molecule has 1 aliphatic carbocycles. The first-order valence-electron chi connectivity index (χ1n) is 10.6. The number of piperazine rings is 1. The summed E-state index contributed by atoms with van der Waals surface area (Å²) in [6.45, 7) is 8.48. The van der Waals surface area contributed by atoms with Crippen LogP contribution in [-0.2, 0) is 14.4 Å². The highest BCUT2D eigenvalue weighted by molar-refractivity contribution is 6.16. The van der Waals surface area contributed by atoms with E-state index in [1.165, 1.54) is 5.56 Å². The molecule has 1 aromatic carbocycles. The SMILES string of the molecule is CCC(=O)N1CCN(CCN=CC2C(=O)CC(c3ccc(C)cc3)CC2=O)CC1. The zero-order valence-electron chi connectivity index (χ0n) is 17.5. The van der Waals surface area contributed by atoms with Crippen molar-refractivity contribution >= 4 is 23.7 Å². The molecule has 0 spiro atoms. The normalized spacial score (nSPS) is 23.7. The minimum Gasteiger partial charge on any atom is -0.340 e. The first-order chi connectivity index (χ1) is 14.0. The maximum atomic E-state index is 12.5. The van der Waals surface area contributed by atoms with Gasteiger partial charge < -0.3 is 4.90 Å². The molecule has 1 aliphatic heterocycles. The van der Waals surface area contributed by atoms with Crippen molar-refractivity contribution in [3.63, 3.8) is 0 Å². The van der Waals surface area contributed by atoms with Gasteiger partial charge in [-0.25, -0.2) is 0 Å². The van der Waals surface area contributed by atoms with Gasteiger partial charge in [-0.1, -0.05) is 36.8 Å². The Morgan fingerprint density at radius 2 is 1.69 bits per heavy atom. The van der Waals surface area contributed by atoms with Crippen LogP contribution < -0.4 is 0 Å². The number of aliphatic imine (C=N–C) groups is 1. The number of nitrogens with zero attached hydrogens (tertiary/aromatic N) is 3. The van der Waals surface area contributed by atoms with Gasteiger partial charge in [0, 0.05) is 58.2 Å². The largest absolute Gasteiger partial charge is 0.340 e. The van der Waals surface area contributed by atoms with Gasteiger partial charge in [-0.2, -0.15) is 0 Å². The van der Waals surface area contributed by atoms with Crippen LogP contribution in [0, 0.1) is 12.8 Å². The topological polar surface area (TPSA) is 70.1 Å². The number of ketones is 2. The van der Waals surface area contributed by atoms with E-state index in [9.17, 15) is 14.4 Å². The first kappa shape index (κ1) is 21.4. The maximum absolute atomic E-state index is 12.5. The van der Waals surface area contributed by atoms with Gasteiger partial charge in [-0.3, -0.25) is 24.3 Å². The molecular weight excluding hydrogens is 366 g/mol. The third-order valence-electron chi connectivity index (χ3n) is 5.96. The Labute approximate surface area is 173 Å². The Morgan fingerprint density at radius 3 is 2.28 bits per heavy atom. The van der Waals surface area contributed by atoms with Gasteiger partial charge >= 0.3 is 0 Å². The molecular formula is C23H31N3O3. The Balaban J connectivity index is 1.44. The number of hydrogen-bond acceptors (Lipinski definition) is 5. The summed E-state index contributed by atoms with van der Waals surface area (Å²) in [7, 11) is 0. The highest BCUT2D eigenvalue weighted by atomic mass is 16.2. The van der Waals surface area contributed by atoms with Gasteiger partial charge in [0.15, 0.2) is 0 Å². The van der Waals surface area contributed by atoms with Gasteiger partial charge in [0.1, 0.15) is 17.5 Å². The fourth-order valence-electron chi connectivity index (χ4n) is 4.06. The van der Waals surface area contributed by atoms with Crippen LogP contribution in [0.25, 0.3) is 0 Å². The number of carbonyl (C=O) groups excluding carboxylic acids is 3. The van der Waals surface area contributed by atoms with E-state index in [0.717, 1.165) is 38.3 Å². The van der Waals surface area contributed by atoms with E-state index in [4.69, 9.17) is 0 Å². The van der Waals surface area contributed by atoms with E-state index >= 15 is 0 Å². The Bertz CT molecular complexity index is 746. The highest BCUT2D eigenvalue weighted by Crippen LogP contribution is 2.31. The molecule has 3 rings (SSSR count). The fourth-order valence-corrected chi connectivity index (χ4v) is 4.06. The molecule has 29 heavy (non-hydrogen) atoms. The average molecular weight is 398 g/mol. The van der Waals surface area contributed by atoms with Crippen molar-refractivity contribution in [3.05, 3.63) is 35.4 Å². The van der Waals surface area contributed by atoms with Crippen LogP contribution in [0.3, 0.4) is 0 Å². The lowest BCUT2D eigenvalue weighted by Crippen LogP contribution is -2.49. The van der Waals surface area contributed by atoms with Gasteiger partial charge in [0.05, 0.1) is 6.54 Å². The summed E-state index contributed by atoms with van der Waals surface area (Å²) in [5.41, 5.74) is 2.24. The van der Waals surface area contributed by atoms with Crippen LogP contribution in [0.5, 0.6) is 0 Å². The van der Waals surface area contributed by atoms with Crippen molar-refractivity contribution < 1.29 is 14.4 Å². The standard InChI is InChI=1S/C23H31N3O3/c1-3-23(29)26-12-10-25(11-13-26)9-8-24-16-20-21(27)14-19(15-22(20)28)18-6-4-17(2)5-7-18/h4-7,16,19-20H,3,8-15H2,1-2H3. The predicted molar refractivity (Wildman–Crippen MR) is 113 cm³/mol. The minimum atomic E-state index is -0.685. The van der Waals surface area contributed by atoms with E-state index in [-0.39, 0.29) is 23.4 Å². The van der Waals surface area contributed by atoms with Crippen molar-refractivity contribution in [3.8, 4) is 0 Å². The number of hydrogen-bond donors (Lipinski definition) is 0. The monoisotopic (exact) mass is 397 g/mol. The van der Waals surface area contributed by atoms with Crippen LogP contribution >= 0.6 is 0 Å². The van der Waals surface area contributed by atoms with E-state index in [0.29, 0.717) is 25.8 Å². The van der Waals surface area contributed by atoms with Crippen molar-refractivity contribution in [2.24, 2.45) is 10.9 Å². The van der Waals surface area contributed by atoms with Gasteiger partial charge in [-0.15, -0.1) is 0 Å². The molecule has 156 valence electrons. The van der Waals surface area contributed by atoms with Crippen LogP contribution in [0.15, 0.2) is 29.3 Å². The summed E-state index contributed by atoms with van der Waals surface area (Å²) in [6.07, 6.45) is 2.92. The Morgan fingerprint density at radius 1 is 1.07 bits per heavy atom. The number of amides is 1. The molecule has 2 aliphatic rings. The van der Waals surface area contributed by atoms with E-state index in [2.05, 4.69) is 9.89 Å². The summed E-state index contributed by atoms with van der Waals surface area (Å²) in [5.74, 6) is -0.538. The van der Waals surface area contributed by atoms with Gasteiger partial charge in [0.2, 0.25) is 5.91 Å². The summed E-state index contributed by atoms with van der Waals surface area (Å²) in [4.78, 5) is 45.3. The molecule has 1 heterocycles. The predicted octanol–water partition coefficient (Wildman–Crippen LogP) is 2.25. The molecule has 1 aromatic rings. The van der Waals surface area contributed by atoms with Crippen molar-refractivity contribution in [1.29, 1.82) is 0 Å². The Hall–Kier alpha value is -2.34. The molecule has 0 atom stereocenters. The molecule has 0 aromatic heterocycles. The fraction of sp³-hybridized carbons (Fsp3) is 0.565.